The smallest absolute Gasteiger partial charge is 0.303 e. The fourth-order valence-corrected chi connectivity index (χ4v) is 2.46. The fraction of sp³-hybridized carbons (Fsp3) is 0.375. The molecule has 0 bridgehead atoms. The Morgan fingerprint density at radius 2 is 2.00 bits per heavy atom. The SMILES string of the molecule is CC(=O)OC1(Cc2ccccc2)CCC(C)=CC1=O. The molecule has 2 rings (SSSR count). The van der Waals surface area contributed by atoms with E-state index < -0.39 is 11.6 Å². The number of esters is 1. The molecule has 0 N–H and O–H groups in total. The number of ether oxygens (including phenoxy) is 1. The van der Waals surface area contributed by atoms with Gasteiger partial charge in [-0.05, 0) is 31.4 Å². The molecular formula is C16H18O3. The first-order chi connectivity index (χ1) is 9.02. The number of hydrogen-bond donors (Lipinski definition) is 0. The molecule has 1 atom stereocenters. The van der Waals surface area contributed by atoms with Gasteiger partial charge in [0.15, 0.2) is 11.4 Å². The summed E-state index contributed by atoms with van der Waals surface area (Å²) < 4.78 is 5.41. The molecule has 0 fully saturated rings. The zero-order valence-electron chi connectivity index (χ0n) is 11.3. The Bertz CT molecular complexity index is 516. The second-order valence-electron chi connectivity index (χ2n) is 5.11. The van der Waals surface area contributed by atoms with E-state index in [-0.39, 0.29) is 5.78 Å². The van der Waals surface area contributed by atoms with E-state index >= 15 is 0 Å². The van der Waals surface area contributed by atoms with Crippen molar-refractivity contribution in [3.05, 3.63) is 47.5 Å². The van der Waals surface area contributed by atoms with Gasteiger partial charge in [0.2, 0.25) is 0 Å². The summed E-state index contributed by atoms with van der Waals surface area (Å²) in [4.78, 5) is 23.7. The predicted molar refractivity (Wildman–Crippen MR) is 72.6 cm³/mol. The Kier molecular flexibility index (Phi) is 3.84. The normalized spacial score (nSPS) is 22.8. The van der Waals surface area contributed by atoms with Crippen molar-refractivity contribution in [3.8, 4) is 0 Å². The van der Waals surface area contributed by atoms with Gasteiger partial charge in [-0.15, -0.1) is 0 Å². The van der Waals surface area contributed by atoms with Crippen molar-refractivity contribution in [2.45, 2.75) is 38.7 Å². The molecule has 19 heavy (non-hydrogen) atoms. The minimum atomic E-state index is -1.02. The maximum atomic E-state index is 12.3. The van der Waals surface area contributed by atoms with E-state index in [9.17, 15) is 9.59 Å². The maximum Gasteiger partial charge on any atom is 0.303 e. The first kappa shape index (κ1) is 13.5. The lowest BCUT2D eigenvalue weighted by Gasteiger charge is -2.34. The summed E-state index contributed by atoms with van der Waals surface area (Å²) in [5, 5.41) is 0. The minimum Gasteiger partial charge on any atom is -0.450 e. The third kappa shape index (κ3) is 3.11. The molecule has 0 saturated heterocycles. The van der Waals surface area contributed by atoms with Gasteiger partial charge in [-0.3, -0.25) is 9.59 Å². The van der Waals surface area contributed by atoms with Crippen molar-refractivity contribution >= 4 is 11.8 Å². The van der Waals surface area contributed by atoms with E-state index in [0.29, 0.717) is 12.8 Å². The summed E-state index contributed by atoms with van der Waals surface area (Å²) in [6.45, 7) is 3.28. The number of allylic oxidation sites excluding steroid dienone is 1. The van der Waals surface area contributed by atoms with E-state index in [1.54, 1.807) is 6.08 Å². The number of carbonyl (C=O) groups excluding carboxylic acids is 2. The summed E-state index contributed by atoms with van der Waals surface area (Å²) in [6.07, 6.45) is 3.39. The highest BCUT2D eigenvalue weighted by Gasteiger charge is 2.42. The van der Waals surface area contributed by atoms with E-state index in [2.05, 4.69) is 0 Å². The van der Waals surface area contributed by atoms with Crippen LogP contribution >= 0.6 is 0 Å². The zero-order valence-corrected chi connectivity index (χ0v) is 11.3. The second kappa shape index (κ2) is 5.39. The highest BCUT2D eigenvalue weighted by Crippen LogP contribution is 2.31. The first-order valence-corrected chi connectivity index (χ1v) is 6.47. The van der Waals surface area contributed by atoms with E-state index in [1.807, 2.05) is 37.3 Å². The molecule has 0 amide bonds. The number of benzene rings is 1. The van der Waals surface area contributed by atoms with Crippen molar-refractivity contribution in [2.24, 2.45) is 0 Å². The molecule has 0 heterocycles. The van der Waals surface area contributed by atoms with E-state index in [4.69, 9.17) is 4.74 Å². The Morgan fingerprint density at radius 3 is 2.58 bits per heavy atom. The van der Waals surface area contributed by atoms with Gasteiger partial charge in [0.25, 0.3) is 0 Å². The zero-order chi connectivity index (χ0) is 13.9. The van der Waals surface area contributed by atoms with E-state index in [1.165, 1.54) is 6.92 Å². The van der Waals surface area contributed by atoms with Crippen LogP contribution in [0.3, 0.4) is 0 Å². The second-order valence-corrected chi connectivity index (χ2v) is 5.11. The summed E-state index contributed by atoms with van der Waals surface area (Å²) in [5.41, 5.74) is 1.03. The van der Waals surface area contributed by atoms with Crippen molar-refractivity contribution in [3.63, 3.8) is 0 Å². The van der Waals surface area contributed by atoms with Gasteiger partial charge in [0.05, 0.1) is 0 Å². The Labute approximate surface area is 113 Å². The first-order valence-electron chi connectivity index (χ1n) is 6.47. The van der Waals surface area contributed by atoms with Gasteiger partial charge < -0.3 is 4.74 Å². The van der Waals surface area contributed by atoms with Crippen LogP contribution in [-0.4, -0.2) is 17.4 Å². The molecule has 1 aromatic rings. The third-order valence-electron chi connectivity index (χ3n) is 3.42. The Balaban J connectivity index is 2.31. The maximum absolute atomic E-state index is 12.3. The van der Waals surface area contributed by atoms with Gasteiger partial charge in [0.1, 0.15) is 0 Å². The average molecular weight is 258 g/mol. The van der Waals surface area contributed by atoms with Crippen molar-refractivity contribution < 1.29 is 14.3 Å². The third-order valence-corrected chi connectivity index (χ3v) is 3.42. The lowest BCUT2D eigenvalue weighted by Crippen LogP contribution is -2.46. The van der Waals surface area contributed by atoms with Crippen molar-refractivity contribution in [2.75, 3.05) is 0 Å². The molecule has 0 aromatic heterocycles. The largest absolute Gasteiger partial charge is 0.450 e. The molecular weight excluding hydrogens is 240 g/mol. The molecule has 0 radical (unpaired) electrons. The summed E-state index contributed by atoms with van der Waals surface area (Å²) in [5.74, 6) is -0.507. The van der Waals surface area contributed by atoms with Crippen LogP contribution in [0.2, 0.25) is 0 Å². The predicted octanol–water partition coefficient (Wildman–Crippen LogP) is 2.84. The lowest BCUT2D eigenvalue weighted by molar-refractivity contribution is -0.165. The van der Waals surface area contributed by atoms with Crippen LogP contribution in [-0.2, 0) is 20.7 Å². The molecule has 1 aliphatic rings. The molecule has 1 unspecified atom stereocenters. The van der Waals surface area contributed by atoms with Crippen LogP contribution < -0.4 is 0 Å². The molecule has 0 saturated carbocycles. The standard InChI is InChI=1S/C16H18O3/c1-12-8-9-16(15(18)10-12,19-13(2)17)11-14-6-4-3-5-7-14/h3-7,10H,8-9,11H2,1-2H3. The fourth-order valence-electron chi connectivity index (χ4n) is 2.46. The minimum absolute atomic E-state index is 0.102. The molecule has 3 heteroatoms. The van der Waals surface area contributed by atoms with Crippen LogP contribution in [0.5, 0.6) is 0 Å². The van der Waals surface area contributed by atoms with Gasteiger partial charge in [-0.1, -0.05) is 35.9 Å². The van der Waals surface area contributed by atoms with Crippen LogP contribution in [0.15, 0.2) is 42.0 Å². The molecule has 100 valence electrons. The number of hydrogen-bond acceptors (Lipinski definition) is 3. The molecule has 1 aliphatic carbocycles. The van der Waals surface area contributed by atoms with Crippen LogP contribution in [0, 0.1) is 0 Å². The number of rotatable bonds is 3. The van der Waals surface area contributed by atoms with Gasteiger partial charge >= 0.3 is 5.97 Å². The molecule has 0 spiro atoms. The average Bonchev–Trinajstić information content (AvgIpc) is 2.35. The van der Waals surface area contributed by atoms with Crippen molar-refractivity contribution in [1.29, 1.82) is 0 Å². The summed E-state index contributed by atoms with van der Waals surface area (Å²) in [7, 11) is 0. The highest BCUT2D eigenvalue weighted by atomic mass is 16.6. The number of carbonyl (C=O) groups is 2. The van der Waals surface area contributed by atoms with Crippen molar-refractivity contribution in [1.82, 2.24) is 0 Å². The topological polar surface area (TPSA) is 43.4 Å². The van der Waals surface area contributed by atoms with Gasteiger partial charge in [0, 0.05) is 13.3 Å². The van der Waals surface area contributed by atoms with Crippen LogP contribution in [0.4, 0.5) is 0 Å². The quantitative estimate of drug-likeness (QED) is 0.783. The molecule has 3 nitrogen and oxygen atoms in total. The summed E-state index contributed by atoms with van der Waals surface area (Å²) >= 11 is 0. The Hall–Kier alpha value is -1.90. The van der Waals surface area contributed by atoms with Gasteiger partial charge in [-0.2, -0.15) is 0 Å². The van der Waals surface area contributed by atoms with Gasteiger partial charge in [-0.25, -0.2) is 0 Å². The van der Waals surface area contributed by atoms with Crippen LogP contribution in [0.1, 0.15) is 32.3 Å². The molecule has 1 aromatic carbocycles. The monoisotopic (exact) mass is 258 g/mol. The highest BCUT2D eigenvalue weighted by molar-refractivity contribution is 5.99. The summed E-state index contributed by atoms with van der Waals surface area (Å²) in [6, 6.07) is 9.67. The Morgan fingerprint density at radius 1 is 1.32 bits per heavy atom. The van der Waals surface area contributed by atoms with E-state index in [0.717, 1.165) is 17.6 Å². The van der Waals surface area contributed by atoms with Crippen LogP contribution in [0.25, 0.3) is 0 Å². The lowest BCUT2D eigenvalue weighted by atomic mass is 9.80. The molecule has 0 aliphatic heterocycles. The number of ketones is 1.